The number of nitrogens with one attached hydrogen (secondary N) is 1. The molecule has 0 radical (unpaired) electrons. The molecule has 4 heteroatoms. The zero-order valence-electron chi connectivity index (χ0n) is 12.2. The molecular formula is C16H23NO3. The lowest BCUT2D eigenvalue weighted by Gasteiger charge is -2.11. The van der Waals surface area contributed by atoms with Crippen LogP contribution in [0.5, 0.6) is 0 Å². The molecule has 1 atom stereocenters. The van der Waals surface area contributed by atoms with Gasteiger partial charge in [-0.2, -0.15) is 0 Å². The number of unbranched alkanes of at least 4 members (excludes halogenated alkanes) is 1. The Morgan fingerprint density at radius 1 is 1.20 bits per heavy atom. The Morgan fingerprint density at radius 2 is 1.80 bits per heavy atom. The molecule has 0 saturated carbocycles. The molecule has 110 valence electrons. The van der Waals surface area contributed by atoms with Gasteiger partial charge in [0.15, 0.2) is 0 Å². The van der Waals surface area contributed by atoms with Crippen LogP contribution >= 0.6 is 0 Å². The number of carboxylic acid groups (broad SMARTS) is 1. The second-order valence-electron chi connectivity index (χ2n) is 5.16. The summed E-state index contributed by atoms with van der Waals surface area (Å²) in [6, 6.07) is 7.69. The topological polar surface area (TPSA) is 66.4 Å². The van der Waals surface area contributed by atoms with Crippen LogP contribution in [-0.4, -0.2) is 23.0 Å². The second kappa shape index (κ2) is 8.35. The van der Waals surface area contributed by atoms with Gasteiger partial charge in [-0.25, -0.2) is 0 Å². The minimum Gasteiger partial charge on any atom is -0.481 e. The van der Waals surface area contributed by atoms with Gasteiger partial charge >= 0.3 is 5.97 Å². The summed E-state index contributed by atoms with van der Waals surface area (Å²) in [5.74, 6) is -1.04. The van der Waals surface area contributed by atoms with E-state index in [4.69, 9.17) is 5.11 Å². The van der Waals surface area contributed by atoms with Crippen LogP contribution in [0.15, 0.2) is 24.3 Å². The minimum atomic E-state index is -0.905. The van der Waals surface area contributed by atoms with Gasteiger partial charge in [0.1, 0.15) is 0 Å². The van der Waals surface area contributed by atoms with Gasteiger partial charge in [0.25, 0.3) is 0 Å². The first-order valence-corrected chi connectivity index (χ1v) is 7.10. The molecule has 0 aliphatic rings. The van der Waals surface area contributed by atoms with E-state index in [1.807, 2.05) is 12.1 Å². The van der Waals surface area contributed by atoms with Crippen LogP contribution in [0.3, 0.4) is 0 Å². The summed E-state index contributed by atoms with van der Waals surface area (Å²) in [6.07, 6.45) is 3.65. The summed E-state index contributed by atoms with van der Waals surface area (Å²) in [5, 5.41) is 11.3. The number of hydrogen-bond donors (Lipinski definition) is 2. The van der Waals surface area contributed by atoms with Crippen LogP contribution in [0.1, 0.15) is 44.2 Å². The van der Waals surface area contributed by atoms with Crippen molar-refractivity contribution < 1.29 is 14.7 Å². The fourth-order valence-electron chi connectivity index (χ4n) is 2.03. The molecule has 20 heavy (non-hydrogen) atoms. The molecule has 1 unspecified atom stereocenters. The summed E-state index contributed by atoms with van der Waals surface area (Å²) in [4.78, 5) is 22.3. The van der Waals surface area contributed by atoms with Crippen molar-refractivity contribution in [3.05, 3.63) is 35.4 Å². The zero-order chi connectivity index (χ0) is 15.0. The van der Waals surface area contributed by atoms with Crippen molar-refractivity contribution in [2.24, 2.45) is 0 Å². The van der Waals surface area contributed by atoms with E-state index in [-0.39, 0.29) is 24.8 Å². The number of benzene rings is 1. The normalized spacial score (nSPS) is 11.9. The van der Waals surface area contributed by atoms with Crippen molar-refractivity contribution in [2.75, 3.05) is 0 Å². The first-order chi connectivity index (χ1) is 9.51. The molecule has 2 N–H and O–H groups in total. The van der Waals surface area contributed by atoms with E-state index < -0.39 is 5.97 Å². The van der Waals surface area contributed by atoms with E-state index >= 15 is 0 Å². The number of carbonyl (C=O) groups is 2. The molecule has 0 fully saturated rings. The molecule has 0 aliphatic carbocycles. The molecule has 0 bridgehead atoms. The first kappa shape index (κ1) is 16.2. The number of hydrogen-bond acceptors (Lipinski definition) is 2. The molecule has 0 spiro atoms. The van der Waals surface area contributed by atoms with Crippen LogP contribution in [0, 0.1) is 0 Å². The third-order valence-corrected chi connectivity index (χ3v) is 3.09. The Kier molecular flexibility index (Phi) is 6.77. The van der Waals surface area contributed by atoms with E-state index in [2.05, 4.69) is 24.4 Å². The summed E-state index contributed by atoms with van der Waals surface area (Å²) >= 11 is 0. The molecule has 0 aromatic heterocycles. The predicted molar refractivity (Wildman–Crippen MR) is 78.6 cm³/mol. The average Bonchev–Trinajstić information content (AvgIpc) is 2.36. The molecule has 1 aromatic rings. The number of aliphatic carboxylic acids is 1. The lowest BCUT2D eigenvalue weighted by molar-refractivity contribution is -0.137. The van der Waals surface area contributed by atoms with E-state index in [1.165, 1.54) is 18.4 Å². The van der Waals surface area contributed by atoms with Crippen LogP contribution in [-0.2, 0) is 22.4 Å². The fourth-order valence-corrected chi connectivity index (χ4v) is 2.03. The Morgan fingerprint density at radius 3 is 2.35 bits per heavy atom. The highest BCUT2D eigenvalue weighted by Gasteiger charge is 2.11. The lowest BCUT2D eigenvalue weighted by Crippen LogP contribution is -2.35. The van der Waals surface area contributed by atoms with Gasteiger partial charge in [-0.3, -0.25) is 9.59 Å². The molecular weight excluding hydrogens is 254 g/mol. The van der Waals surface area contributed by atoms with Gasteiger partial charge in [0.05, 0.1) is 12.8 Å². The van der Waals surface area contributed by atoms with Crippen LogP contribution in [0.2, 0.25) is 0 Å². The van der Waals surface area contributed by atoms with Gasteiger partial charge in [-0.15, -0.1) is 0 Å². The summed E-state index contributed by atoms with van der Waals surface area (Å²) in [6.45, 7) is 3.86. The maximum atomic E-state index is 11.8. The van der Waals surface area contributed by atoms with E-state index in [1.54, 1.807) is 6.92 Å². The van der Waals surface area contributed by atoms with Gasteiger partial charge in [0.2, 0.25) is 5.91 Å². The van der Waals surface area contributed by atoms with Gasteiger partial charge in [-0.05, 0) is 30.9 Å². The number of aryl methyl sites for hydroxylation is 1. The summed E-state index contributed by atoms with van der Waals surface area (Å²) in [5.41, 5.74) is 2.24. The van der Waals surface area contributed by atoms with Crippen molar-refractivity contribution in [1.29, 1.82) is 0 Å². The molecule has 0 heterocycles. The number of carboxylic acids is 1. The van der Waals surface area contributed by atoms with Crippen LogP contribution in [0.4, 0.5) is 0 Å². The number of amides is 1. The minimum absolute atomic E-state index is 0.0539. The fraction of sp³-hybridized carbons (Fsp3) is 0.500. The lowest BCUT2D eigenvalue weighted by atomic mass is 10.0. The standard InChI is InChI=1S/C16H23NO3/c1-3-4-5-13-6-8-14(9-7-13)11-15(18)17-12(2)10-16(19)20/h6-9,12H,3-5,10-11H2,1-2H3,(H,17,18)(H,19,20). The van der Waals surface area contributed by atoms with Crippen molar-refractivity contribution in [2.45, 2.75) is 52.0 Å². The Hall–Kier alpha value is -1.84. The summed E-state index contributed by atoms with van der Waals surface area (Å²) < 4.78 is 0. The monoisotopic (exact) mass is 277 g/mol. The van der Waals surface area contributed by atoms with Crippen molar-refractivity contribution in [3.8, 4) is 0 Å². The van der Waals surface area contributed by atoms with Crippen molar-refractivity contribution >= 4 is 11.9 Å². The number of carbonyl (C=O) groups excluding carboxylic acids is 1. The quantitative estimate of drug-likeness (QED) is 0.767. The third-order valence-electron chi connectivity index (χ3n) is 3.09. The largest absolute Gasteiger partial charge is 0.481 e. The Labute approximate surface area is 120 Å². The smallest absolute Gasteiger partial charge is 0.305 e. The average molecular weight is 277 g/mol. The van der Waals surface area contributed by atoms with Gasteiger partial charge in [0, 0.05) is 6.04 Å². The molecule has 1 rings (SSSR count). The highest BCUT2D eigenvalue weighted by Crippen LogP contribution is 2.08. The van der Waals surface area contributed by atoms with E-state index in [0.29, 0.717) is 0 Å². The molecule has 1 aromatic carbocycles. The van der Waals surface area contributed by atoms with Gasteiger partial charge in [-0.1, -0.05) is 37.6 Å². The summed E-state index contributed by atoms with van der Waals surface area (Å²) in [7, 11) is 0. The molecule has 1 amide bonds. The number of rotatable bonds is 8. The molecule has 4 nitrogen and oxygen atoms in total. The first-order valence-electron chi connectivity index (χ1n) is 7.10. The Bertz CT molecular complexity index is 440. The van der Waals surface area contributed by atoms with Crippen LogP contribution in [0.25, 0.3) is 0 Å². The molecule has 0 aliphatic heterocycles. The highest BCUT2D eigenvalue weighted by molar-refractivity contribution is 5.79. The zero-order valence-corrected chi connectivity index (χ0v) is 12.2. The molecule has 0 saturated heterocycles. The van der Waals surface area contributed by atoms with E-state index in [9.17, 15) is 9.59 Å². The third kappa shape index (κ3) is 6.36. The van der Waals surface area contributed by atoms with Gasteiger partial charge < -0.3 is 10.4 Å². The SMILES string of the molecule is CCCCc1ccc(CC(=O)NC(C)CC(=O)O)cc1. The van der Waals surface area contributed by atoms with E-state index in [0.717, 1.165) is 12.0 Å². The maximum absolute atomic E-state index is 11.8. The van der Waals surface area contributed by atoms with Crippen molar-refractivity contribution in [3.63, 3.8) is 0 Å². The van der Waals surface area contributed by atoms with Crippen molar-refractivity contribution in [1.82, 2.24) is 5.32 Å². The van der Waals surface area contributed by atoms with Crippen LogP contribution < -0.4 is 5.32 Å². The maximum Gasteiger partial charge on any atom is 0.305 e. The Balaban J connectivity index is 2.43. The predicted octanol–water partition coefficient (Wildman–Crippen LogP) is 2.55. The second-order valence-corrected chi connectivity index (χ2v) is 5.16. The highest BCUT2D eigenvalue weighted by atomic mass is 16.4.